The maximum absolute atomic E-state index is 13.1. The van der Waals surface area contributed by atoms with Crippen LogP contribution in [0, 0.1) is 11.7 Å². The van der Waals surface area contributed by atoms with Gasteiger partial charge in [-0.1, -0.05) is 11.6 Å². The van der Waals surface area contributed by atoms with Crippen LogP contribution in [0.2, 0.25) is 5.02 Å². The molecule has 0 aromatic heterocycles. The molecule has 1 aromatic carbocycles. The molecular formula is C16H16ClF4N3O3. The van der Waals surface area contributed by atoms with E-state index in [9.17, 15) is 31.9 Å². The van der Waals surface area contributed by atoms with Gasteiger partial charge < -0.3 is 15.5 Å². The number of carbonyl (C=O) groups excluding carboxylic acids is 3. The minimum Gasteiger partial charge on any atom is -0.336 e. The Morgan fingerprint density at radius 2 is 1.96 bits per heavy atom. The van der Waals surface area contributed by atoms with Gasteiger partial charge in [0.05, 0.1) is 10.9 Å². The number of likely N-dealkylation sites (tertiary alicyclic amines) is 1. The predicted molar refractivity (Wildman–Crippen MR) is 88.4 cm³/mol. The molecule has 2 atom stereocenters. The van der Waals surface area contributed by atoms with Crippen molar-refractivity contribution in [2.24, 2.45) is 5.92 Å². The summed E-state index contributed by atoms with van der Waals surface area (Å²) in [5, 5.41) is 3.93. The zero-order valence-corrected chi connectivity index (χ0v) is 14.8. The van der Waals surface area contributed by atoms with E-state index in [0.717, 1.165) is 17.9 Å². The number of nitrogens with one attached hydrogen (secondary N) is 2. The lowest BCUT2D eigenvalue weighted by Gasteiger charge is -2.20. The van der Waals surface area contributed by atoms with Gasteiger partial charge in [-0.3, -0.25) is 14.4 Å². The molecule has 0 radical (unpaired) electrons. The SMILES string of the molecule is CC(NC(=O)C(=O)N1CC[C@H](C(=O)Nc2ccc(F)c(Cl)c2)C1)C(F)(F)F. The second-order valence-corrected chi connectivity index (χ2v) is 6.50. The van der Waals surface area contributed by atoms with Crippen LogP contribution in [-0.2, 0) is 14.4 Å². The van der Waals surface area contributed by atoms with Crippen molar-refractivity contribution in [3.05, 3.63) is 29.0 Å². The Labute approximate surface area is 156 Å². The van der Waals surface area contributed by atoms with Gasteiger partial charge in [0.15, 0.2) is 0 Å². The van der Waals surface area contributed by atoms with Crippen molar-refractivity contribution in [3.8, 4) is 0 Å². The first-order valence-electron chi connectivity index (χ1n) is 7.91. The molecule has 1 unspecified atom stereocenters. The molecule has 3 amide bonds. The number of hydrogen-bond donors (Lipinski definition) is 2. The normalized spacial score (nSPS) is 18.1. The molecule has 27 heavy (non-hydrogen) atoms. The average Bonchev–Trinajstić information content (AvgIpc) is 3.06. The van der Waals surface area contributed by atoms with Crippen LogP contribution in [0.1, 0.15) is 13.3 Å². The number of carbonyl (C=O) groups is 3. The van der Waals surface area contributed by atoms with Gasteiger partial charge in [-0.05, 0) is 31.5 Å². The number of halogens is 5. The maximum atomic E-state index is 13.1. The summed E-state index contributed by atoms with van der Waals surface area (Å²) < 4.78 is 50.5. The molecule has 1 heterocycles. The summed E-state index contributed by atoms with van der Waals surface area (Å²) in [7, 11) is 0. The fourth-order valence-electron chi connectivity index (χ4n) is 2.46. The molecule has 1 aromatic rings. The second kappa shape index (κ2) is 8.12. The van der Waals surface area contributed by atoms with Crippen LogP contribution in [0.15, 0.2) is 18.2 Å². The van der Waals surface area contributed by atoms with E-state index in [1.54, 1.807) is 5.32 Å². The van der Waals surface area contributed by atoms with Gasteiger partial charge in [-0.2, -0.15) is 13.2 Å². The lowest BCUT2D eigenvalue weighted by atomic mass is 10.1. The first-order valence-corrected chi connectivity index (χ1v) is 8.29. The van der Waals surface area contributed by atoms with Crippen molar-refractivity contribution < 1.29 is 31.9 Å². The van der Waals surface area contributed by atoms with E-state index in [1.165, 1.54) is 12.1 Å². The number of benzene rings is 1. The molecule has 11 heteroatoms. The number of anilines is 1. The minimum absolute atomic E-state index is 0.0505. The largest absolute Gasteiger partial charge is 0.408 e. The highest BCUT2D eigenvalue weighted by Crippen LogP contribution is 2.23. The Bertz CT molecular complexity index is 757. The Morgan fingerprint density at radius 1 is 1.30 bits per heavy atom. The summed E-state index contributed by atoms with van der Waals surface area (Å²) in [5.74, 6) is -4.30. The molecule has 2 N–H and O–H groups in total. The Kier molecular flexibility index (Phi) is 6.30. The quantitative estimate of drug-likeness (QED) is 0.594. The van der Waals surface area contributed by atoms with E-state index >= 15 is 0 Å². The van der Waals surface area contributed by atoms with Crippen LogP contribution < -0.4 is 10.6 Å². The van der Waals surface area contributed by atoms with Crippen LogP contribution in [0.3, 0.4) is 0 Å². The van der Waals surface area contributed by atoms with Gasteiger partial charge in [-0.15, -0.1) is 0 Å². The van der Waals surface area contributed by atoms with Gasteiger partial charge >= 0.3 is 18.0 Å². The van der Waals surface area contributed by atoms with Gasteiger partial charge in [0.2, 0.25) is 5.91 Å². The highest BCUT2D eigenvalue weighted by Gasteiger charge is 2.40. The van der Waals surface area contributed by atoms with E-state index in [4.69, 9.17) is 11.6 Å². The number of hydrogen-bond acceptors (Lipinski definition) is 3. The average molecular weight is 410 g/mol. The standard InChI is InChI=1S/C16H16ClF4N3O3/c1-8(16(19,20)21)22-14(26)15(27)24-5-4-9(7-24)13(25)23-10-2-3-12(18)11(17)6-10/h2-3,6,8-9H,4-5,7H2,1H3,(H,22,26)(H,23,25)/t8?,9-/m0/s1. The zero-order chi connectivity index (χ0) is 20.4. The van der Waals surface area contributed by atoms with Gasteiger partial charge in [0.1, 0.15) is 11.9 Å². The first-order chi connectivity index (χ1) is 12.5. The summed E-state index contributed by atoms with van der Waals surface area (Å²) in [6.45, 7) is 0.654. The third-order valence-corrected chi connectivity index (χ3v) is 4.36. The maximum Gasteiger partial charge on any atom is 0.408 e. The van der Waals surface area contributed by atoms with E-state index in [0.29, 0.717) is 0 Å². The molecule has 0 aliphatic carbocycles. The van der Waals surface area contributed by atoms with Crippen molar-refractivity contribution in [1.82, 2.24) is 10.2 Å². The Balaban J connectivity index is 1.91. The third-order valence-electron chi connectivity index (χ3n) is 4.07. The summed E-state index contributed by atoms with van der Waals surface area (Å²) in [6, 6.07) is 1.44. The van der Waals surface area contributed by atoms with Gasteiger partial charge in [0.25, 0.3) is 0 Å². The van der Waals surface area contributed by atoms with E-state index in [1.807, 2.05) is 0 Å². The molecule has 0 spiro atoms. The topological polar surface area (TPSA) is 78.5 Å². The van der Waals surface area contributed by atoms with Crippen molar-refractivity contribution in [1.29, 1.82) is 0 Å². The third kappa shape index (κ3) is 5.31. The molecule has 1 aliphatic heterocycles. The second-order valence-electron chi connectivity index (χ2n) is 6.09. The molecule has 2 rings (SSSR count). The van der Waals surface area contributed by atoms with Crippen LogP contribution in [0.4, 0.5) is 23.2 Å². The number of amides is 3. The number of nitrogens with zero attached hydrogens (tertiary/aromatic N) is 1. The Morgan fingerprint density at radius 3 is 2.56 bits per heavy atom. The summed E-state index contributed by atoms with van der Waals surface area (Å²) in [4.78, 5) is 36.9. The molecule has 148 valence electrons. The van der Waals surface area contributed by atoms with Crippen molar-refractivity contribution in [3.63, 3.8) is 0 Å². The van der Waals surface area contributed by atoms with Crippen LogP contribution in [0.25, 0.3) is 0 Å². The molecule has 6 nitrogen and oxygen atoms in total. The highest BCUT2D eigenvalue weighted by molar-refractivity contribution is 6.35. The number of alkyl halides is 3. The van der Waals surface area contributed by atoms with Crippen molar-refractivity contribution >= 4 is 35.0 Å². The lowest BCUT2D eigenvalue weighted by molar-refractivity contribution is -0.162. The fraction of sp³-hybridized carbons (Fsp3) is 0.438. The first kappa shape index (κ1) is 20.9. The smallest absolute Gasteiger partial charge is 0.336 e. The van der Waals surface area contributed by atoms with Crippen LogP contribution >= 0.6 is 11.6 Å². The number of rotatable bonds is 3. The lowest BCUT2D eigenvalue weighted by Crippen LogP contribution is -2.49. The fourth-order valence-corrected chi connectivity index (χ4v) is 2.64. The van der Waals surface area contributed by atoms with Crippen LogP contribution in [0.5, 0.6) is 0 Å². The predicted octanol–water partition coefficient (Wildman–Crippen LogP) is 2.33. The highest BCUT2D eigenvalue weighted by atomic mass is 35.5. The van der Waals surface area contributed by atoms with Gasteiger partial charge in [0, 0.05) is 18.8 Å². The zero-order valence-electron chi connectivity index (χ0n) is 14.1. The van der Waals surface area contributed by atoms with E-state index < -0.39 is 41.7 Å². The monoisotopic (exact) mass is 409 g/mol. The molecule has 1 saturated heterocycles. The minimum atomic E-state index is -4.67. The van der Waals surface area contributed by atoms with E-state index in [2.05, 4.69) is 5.32 Å². The molecular weight excluding hydrogens is 394 g/mol. The summed E-state index contributed by atoms with van der Waals surface area (Å²) in [5.41, 5.74) is 0.257. The van der Waals surface area contributed by atoms with E-state index in [-0.39, 0.29) is 30.2 Å². The molecule has 0 bridgehead atoms. The molecule has 1 fully saturated rings. The molecule has 1 aliphatic rings. The van der Waals surface area contributed by atoms with Crippen molar-refractivity contribution in [2.45, 2.75) is 25.6 Å². The summed E-state index contributed by atoms with van der Waals surface area (Å²) in [6.07, 6.45) is -4.44. The van der Waals surface area contributed by atoms with Crippen LogP contribution in [-0.4, -0.2) is 47.9 Å². The van der Waals surface area contributed by atoms with Crippen molar-refractivity contribution in [2.75, 3.05) is 18.4 Å². The Hall–Kier alpha value is -2.36. The van der Waals surface area contributed by atoms with Gasteiger partial charge in [-0.25, -0.2) is 4.39 Å². The molecule has 0 saturated carbocycles. The summed E-state index contributed by atoms with van der Waals surface area (Å²) >= 11 is 5.63.